The van der Waals surface area contributed by atoms with E-state index in [1.54, 1.807) is 0 Å². The van der Waals surface area contributed by atoms with E-state index in [1.165, 1.54) is 31.2 Å². The van der Waals surface area contributed by atoms with Crippen LogP contribution in [0, 0.1) is 0 Å². The monoisotopic (exact) mass is 283 g/mol. The molecule has 1 saturated carbocycles. The van der Waals surface area contributed by atoms with Crippen LogP contribution in [0.15, 0.2) is 24.3 Å². The molecular formula is C15H22ClNS. The Balaban J connectivity index is 1.95. The van der Waals surface area contributed by atoms with Gasteiger partial charge in [0.05, 0.1) is 0 Å². The maximum Gasteiger partial charge on any atom is 0.0453 e. The van der Waals surface area contributed by atoms with Crippen molar-refractivity contribution in [2.75, 3.05) is 6.26 Å². The molecule has 0 aromatic heterocycles. The van der Waals surface area contributed by atoms with Crippen LogP contribution in [0.5, 0.6) is 0 Å². The Morgan fingerprint density at radius 1 is 1.33 bits per heavy atom. The first-order valence-corrected chi connectivity index (χ1v) is 8.40. The van der Waals surface area contributed by atoms with Crippen molar-refractivity contribution >= 4 is 23.4 Å². The van der Waals surface area contributed by atoms with Crippen molar-refractivity contribution in [2.45, 2.75) is 49.9 Å². The van der Waals surface area contributed by atoms with Crippen LogP contribution in [0.4, 0.5) is 0 Å². The maximum atomic E-state index is 6.25. The Hall–Kier alpha value is -0.180. The smallest absolute Gasteiger partial charge is 0.0453 e. The number of nitrogens with one attached hydrogen (secondary N) is 1. The first kappa shape index (κ1) is 14.2. The molecule has 1 fully saturated rings. The minimum Gasteiger partial charge on any atom is -0.307 e. The van der Waals surface area contributed by atoms with Crippen molar-refractivity contribution < 1.29 is 0 Å². The Kier molecular flexibility index (Phi) is 5.40. The Morgan fingerprint density at radius 3 is 2.83 bits per heavy atom. The number of rotatable bonds is 4. The molecule has 0 heterocycles. The fourth-order valence-electron chi connectivity index (χ4n) is 2.78. The molecule has 18 heavy (non-hydrogen) atoms. The summed E-state index contributed by atoms with van der Waals surface area (Å²) in [5.41, 5.74) is 1.21. The van der Waals surface area contributed by atoms with Crippen LogP contribution in [-0.2, 0) is 0 Å². The quantitative estimate of drug-likeness (QED) is 0.862. The topological polar surface area (TPSA) is 12.0 Å². The first-order valence-electron chi connectivity index (χ1n) is 6.74. The van der Waals surface area contributed by atoms with Crippen molar-refractivity contribution in [3.05, 3.63) is 34.9 Å². The van der Waals surface area contributed by atoms with E-state index in [1.807, 2.05) is 23.9 Å². The Labute approximate surface area is 120 Å². The van der Waals surface area contributed by atoms with Crippen LogP contribution in [-0.4, -0.2) is 17.5 Å². The van der Waals surface area contributed by atoms with Crippen molar-refractivity contribution in [1.29, 1.82) is 0 Å². The molecular weight excluding hydrogens is 262 g/mol. The van der Waals surface area contributed by atoms with Gasteiger partial charge in [-0.05, 0) is 44.1 Å². The highest BCUT2D eigenvalue weighted by molar-refractivity contribution is 7.99. The molecule has 1 aromatic rings. The van der Waals surface area contributed by atoms with Gasteiger partial charge in [0.25, 0.3) is 0 Å². The van der Waals surface area contributed by atoms with Gasteiger partial charge in [-0.3, -0.25) is 0 Å². The minimum atomic E-state index is 0.337. The molecule has 1 nitrogen and oxygen atoms in total. The summed E-state index contributed by atoms with van der Waals surface area (Å²) >= 11 is 8.26. The highest BCUT2D eigenvalue weighted by Gasteiger charge is 2.23. The van der Waals surface area contributed by atoms with E-state index in [0.29, 0.717) is 12.1 Å². The number of hydrogen-bond acceptors (Lipinski definition) is 2. The summed E-state index contributed by atoms with van der Waals surface area (Å²) in [7, 11) is 0. The van der Waals surface area contributed by atoms with Crippen molar-refractivity contribution in [3.8, 4) is 0 Å². The zero-order valence-corrected chi connectivity index (χ0v) is 12.7. The summed E-state index contributed by atoms with van der Waals surface area (Å²) in [5, 5.41) is 5.44. The molecule has 2 rings (SSSR count). The van der Waals surface area contributed by atoms with Crippen LogP contribution < -0.4 is 5.32 Å². The molecule has 0 spiro atoms. The zero-order chi connectivity index (χ0) is 13.0. The summed E-state index contributed by atoms with van der Waals surface area (Å²) in [6, 6.07) is 9.12. The normalized spacial score (nSPS) is 25.9. The molecule has 0 saturated heterocycles. The lowest BCUT2D eigenvalue weighted by Gasteiger charge is -2.31. The van der Waals surface area contributed by atoms with Gasteiger partial charge in [0.1, 0.15) is 0 Å². The molecule has 1 aromatic carbocycles. The van der Waals surface area contributed by atoms with Gasteiger partial charge in [0.2, 0.25) is 0 Å². The highest BCUT2D eigenvalue weighted by Crippen LogP contribution is 2.29. The van der Waals surface area contributed by atoms with E-state index in [0.717, 1.165) is 10.3 Å². The van der Waals surface area contributed by atoms with Crippen LogP contribution in [0.3, 0.4) is 0 Å². The molecule has 1 N–H and O–H groups in total. The summed E-state index contributed by atoms with van der Waals surface area (Å²) in [6.45, 7) is 2.21. The second-order valence-electron chi connectivity index (χ2n) is 5.13. The van der Waals surface area contributed by atoms with Gasteiger partial charge in [-0.25, -0.2) is 0 Å². The Morgan fingerprint density at radius 2 is 2.11 bits per heavy atom. The first-order chi connectivity index (χ1) is 8.70. The molecule has 0 amide bonds. The van der Waals surface area contributed by atoms with Crippen LogP contribution >= 0.6 is 23.4 Å². The van der Waals surface area contributed by atoms with Gasteiger partial charge >= 0.3 is 0 Å². The predicted molar refractivity (Wildman–Crippen MR) is 82.6 cm³/mol. The van der Waals surface area contributed by atoms with Gasteiger partial charge in [-0.2, -0.15) is 11.8 Å². The second kappa shape index (κ2) is 6.83. The summed E-state index contributed by atoms with van der Waals surface area (Å²) in [6.07, 6.45) is 7.53. The summed E-state index contributed by atoms with van der Waals surface area (Å²) in [5.74, 6) is 0. The molecule has 3 unspecified atom stereocenters. The number of thioether (sulfide) groups is 1. The molecule has 3 atom stereocenters. The van der Waals surface area contributed by atoms with Gasteiger partial charge < -0.3 is 5.32 Å². The molecule has 0 bridgehead atoms. The van der Waals surface area contributed by atoms with Gasteiger partial charge in [-0.15, -0.1) is 0 Å². The average molecular weight is 284 g/mol. The van der Waals surface area contributed by atoms with Crippen molar-refractivity contribution in [3.63, 3.8) is 0 Å². The lowest BCUT2D eigenvalue weighted by Crippen LogP contribution is -2.36. The number of benzene rings is 1. The third kappa shape index (κ3) is 3.66. The zero-order valence-electron chi connectivity index (χ0n) is 11.2. The average Bonchev–Trinajstić information content (AvgIpc) is 2.39. The third-order valence-corrected chi connectivity index (χ3v) is 5.26. The van der Waals surface area contributed by atoms with E-state index in [-0.39, 0.29) is 0 Å². The fourth-order valence-corrected chi connectivity index (χ4v) is 3.91. The molecule has 1 aliphatic rings. The molecule has 3 heteroatoms. The maximum absolute atomic E-state index is 6.25. The molecule has 0 radical (unpaired) electrons. The summed E-state index contributed by atoms with van der Waals surface area (Å²) in [4.78, 5) is 0. The standard InChI is InChI=1S/C15H22ClNS/c1-11(14-8-3-4-9-15(14)16)17-12-6-5-7-13(10-12)18-2/h3-4,8-9,11-13,17H,5-7,10H2,1-2H3. The molecule has 100 valence electrons. The Bertz CT molecular complexity index is 383. The largest absolute Gasteiger partial charge is 0.307 e. The van der Waals surface area contributed by atoms with Crippen molar-refractivity contribution in [2.24, 2.45) is 0 Å². The van der Waals surface area contributed by atoms with Gasteiger partial charge in [-0.1, -0.05) is 36.2 Å². The van der Waals surface area contributed by atoms with E-state index in [2.05, 4.69) is 30.6 Å². The van der Waals surface area contributed by atoms with Gasteiger partial charge in [0, 0.05) is 22.4 Å². The van der Waals surface area contributed by atoms with Crippen LogP contribution in [0.1, 0.15) is 44.2 Å². The van der Waals surface area contributed by atoms with E-state index in [9.17, 15) is 0 Å². The third-order valence-electron chi connectivity index (χ3n) is 3.82. The van der Waals surface area contributed by atoms with Crippen LogP contribution in [0.2, 0.25) is 5.02 Å². The highest BCUT2D eigenvalue weighted by atomic mass is 35.5. The molecule has 0 aliphatic heterocycles. The molecule has 1 aliphatic carbocycles. The number of halogens is 1. The SMILES string of the molecule is CSC1CCCC(NC(C)c2ccccc2Cl)C1. The number of hydrogen-bond donors (Lipinski definition) is 1. The van der Waals surface area contributed by atoms with E-state index in [4.69, 9.17) is 11.6 Å². The predicted octanol–water partition coefficient (Wildman–Crippen LogP) is 4.66. The lowest BCUT2D eigenvalue weighted by molar-refractivity contribution is 0.353. The van der Waals surface area contributed by atoms with E-state index >= 15 is 0 Å². The van der Waals surface area contributed by atoms with Gasteiger partial charge in [0.15, 0.2) is 0 Å². The lowest BCUT2D eigenvalue weighted by atomic mass is 9.93. The summed E-state index contributed by atoms with van der Waals surface area (Å²) < 4.78 is 0. The minimum absolute atomic E-state index is 0.337. The van der Waals surface area contributed by atoms with Crippen LogP contribution in [0.25, 0.3) is 0 Å². The van der Waals surface area contributed by atoms with Crippen molar-refractivity contribution in [1.82, 2.24) is 5.32 Å². The fraction of sp³-hybridized carbons (Fsp3) is 0.600. The second-order valence-corrected chi connectivity index (χ2v) is 6.68. The van der Waals surface area contributed by atoms with E-state index < -0.39 is 0 Å².